The molecule has 1 N–H and O–H groups in total. The van der Waals surface area contributed by atoms with Gasteiger partial charge in [0.15, 0.2) is 0 Å². The number of nitrogens with one attached hydrogen (secondary N) is 1. The van der Waals surface area contributed by atoms with Crippen LogP contribution in [0.4, 0.5) is 5.69 Å². The Morgan fingerprint density at radius 2 is 1.76 bits per heavy atom. The molecule has 2 heteroatoms. The van der Waals surface area contributed by atoms with E-state index in [9.17, 15) is 0 Å². The Hall–Kier alpha value is -1.02. The van der Waals surface area contributed by atoms with Gasteiger partial charge in [0.1, 0.15) is 0 Å². The van der Waals surface area contributed by atoms with Gasteiger partial charge in [-0.1, -0.05) is 26.0 Å². The number of aryl methyl sites for hydroxylation is 1. The molecule has 2 nitrogen and oxygen atoms in total. The van der Waals surface area contributed by atoms with Gasteiger partial charge >= 0.3 is 0 Å². The van der Waals surface area contributed by atoms with E-state index in [4.69, 9.17) is 0 Å². The SMILES string of the molecule is CCCN(CCC)CCNc1cccc(C)c1. The summed E-state index contributed by atoms with van der Waals surface area (Å²) in [5.41, 5.74) is 2.55. The molecule has 0 saturated carbocycles. The second kappa shape index (κ2) is 8.13. The monoisotopic (exact) mass is 234 g/mol. The van der Waals surface area contributed by atoms with Crippen LogP contribution in [-0.4, -0.2) is 31.1 Å². The van der Waals surface area contributed by atoms with Crippen LogP contribution in [0.5, 0.6) is 0 Å². The van der Waals surface area contributed by atoms with Crippen molar-refractivity contribution in [1.82, 2.24) is 4.90 Å². The molecular formula is C15H26N2. The lowest BCUT2D eigenvalue weighted by molar-refractivity contribution is 0.285. The van der Waals surface area contributed by atoms with E-state index in [-0.39, 0.29) is 0 Å². The van der Waals surface area contributed by atoms with E-state index in [1.807, 2.05) is 0 Å². The van der Waals surface area contributed by atoms with Crippen molar-refractivity contribution < 1.29 is 0 Å². The molecule has 0 amide bonds. The van der Waals surface area contributed by atoms with E-state index in [2.05, 4.69) is 55.3 Å². The number of hydrogen-bond donors (Lipinski definition) is 1. The lowest BCUT2D eigenvalue weighted by atomic mass is 10.2. The van der Waals surface area contributed by atoms with Crippen LogP contribution < -0.4 is 5.32 Å². The maximum Gasteiger partial charge on any atom is 0.0343 e. The summed E-state index contributed by atoms with van der Waals surface area (Å²) in [5.74, 6) is 0. The topological polar surface area (TPSA) is 15.3 Å². The Bertz CT molecular complexity index is 304. The highest BCUT2D eigenvalue weighted by Gasteiger charge is 2.01. The quantitative estimate of drug-likeness (QED) is 0.740. The van der Waals surface area contributed by atoms with Crippen molar-refractivity contribution in [2.45, 2.75) is 33.6 Å². The van der Waals surface area contributed by atoms with Gasteiger partial charge in [-0.25, -0.2) is 0 Å². The van der Waals surface area contributed by atoms with Crippen LogP contribution in [0, 0.1) is 6.92 Å². The fourth-order valence-electron chi connectivity index (χ4n) is 2.08. The van der Waals surface area contributed by atoms with Gasteiger partial charge in [-0.2, -0.15) is 0 Å². The first kappa shape index (κ1) is 14.0. The van der Waals surface area contributed by atoms with Gasteiger partial charge in [-0.15, -0.1) is 0 Å². The average molecular weight is 234 g/mol. The lowest BCUT2D eigenvalue weighted by Gasteiger charge is -2.21. The van der Waals surface area contributed by atoms with Crippen LogP contribution in [0.25, 0.3) is 0 Å². The first-order valence-corrected chi connectivity index (χ1v) is 6.79. The smallest absolute Gasteiger partial charge is 0.0343 e. The van der Waals surface area contributed by atoms with Crippen molar-refractivity contribution in [2.75, 3.05) is 31.5 Å². The molecule has 0 aliphatic heterocycles. The molecule has 96 valence electrons. The van der Waals surface area contributed by atoms with Crippen LogP contribution in [0.1, 0.15) is 32.3 Å². The van der Waals surface area contributed by atoms with Crippen molar-refractivity contribution in [3.63, 3.8) is 0 Å². The zero-order chi connectivity index (χ0) is 12.5. The van der Waals surface area contributed by atoms with Gasteiger partial charge in [0.25, 0.3) is 0 Å². The molecule has 0 saturated heterocycles. The Morgan fingerprint density at radius 1 is 1.06 bits per heavy atom. The van der Waals surface area contributed by atoms with Gasteiger partial charge in [0, 0.05) is 18.8 Å². The van der Waals surface area contributed by atoms with Crippen LogP contribution in [0.15, 0.2) is 24.3 Å². The largest absolute Gasteiger partial charge is 0.384 e. The first-order chi connectivity index (χ1) is 8.26. The van der Waals surface area contributed by atoms with E-state index in [1.54, 1.807) is 0 Å². The summed E-state index contributed by atoms with van der Waals surface area (Å²) in [5, 5.41) is 3.49. The van der Waals surface area contributed by atoms with Crippen molar-refractivity contribution >= 4 is 5.69 Å². The van der Waals surface area contributed by atoms with Crippen LogP contribution in [-0.2, 0) is 0 Å². The van der Waals surface area contributed by atoms with E-state index in [0.717, 1.165) is 13.1 Å². The molecule has 0 aromatic heterocycles. The molecule has 1 aromatic carbocycles. The second-order valence-corrected chi connectivity index (χ2v) is 4.64. The van der Waals surface area contributed by atoms with Crippen molar-refractivity contribution in [1.29, 1.82) is 0 Å². The normalized spacial score (nSPS) is 10.8. The lowest BCUT2D eigenvalue weighted by Crippen LogP contribution is -2.30. The Morgan fingerprint density at radius 3 is 2.35 bits per heavy atom. The van der Waals surface area contributed by atoms with E-state index < -0.39 is 0 Å². The minimum Gasteiger partial charge on any atom is -0.384 e. The minimum atomic E-state index is 1.03. The predicted octanol–water partition coefficient (Wildman–Crippen LogP) is 3.53. The Kier molecular flexibility index (Phi) is 6.71. The molecule has 0 aliphatic carbocycles. The number of rotatable bonds is 8. The molecule has 0 radical (unpaired) electrons. The zero-order valence-electron chi connectivity index (χ0n) is 11.5. The third-order valence-electron chi connectivity index (χ3n) is 2.85. The predicted molar refractivity (Wildman–Crippen MR) is 76.7 cm³/mol. The molecular weight excluding hydrogens is 208 g/mol. The molecule has 0 fully saturated rings. The maximum absolute atomic E-state index is 3.49. The molecule has 1 aromatic rings. The number of anilines is 1. The fraction of sp³-hybridized carbons (Fsp3) is 0.600. The first-order valence-electron chi connectivity index (χ1n) is 6.79. The molecule has 17 heavy (non-hydrogen) atoms. The summed E-state index contributed by atoms with van der Waals surface area (Å²) < 4.78 is 0. The third-order valence-corrected chi connectivity index (χ3v) is 2.85. The van der Waals surface area contributed by atoms with Crippen molar-refractivity contribution in [3.8, 4) is 0 Å². The second-order valence-electron chi connectivity index (χ2n) is 4.64. The molecule has 0 atom stereocenters. The fourth-order valence-corrected chi connectivity index (χ4v) is 2.08. The summed E-state index contributed by atoms with van der Waals surface area (Å²) in [6.45, 7) is 11.2. The summed E-state index contributed by atoms with van der Waals surface area (Å²) in [7, 11) is 0. The van der Waals surface area contributed by atoms with Gasteiger partial charge in [-0.05, 0) is 50.6 Å². The Labute approximate surface area is 106 Å². The summed E-state index contributed by atoms with van der Waals surface area (Å²) >= 11 is 0. The molecule has 0 spiro atoms. The molecule has 0 unspecified atom stereocenters. The highest BCUT2D eigenvalue weighted by atomic mass is 15.1. The van der Waals surface area contributed by atoms with Gasteiger partial charge in [0.05, 0.1) is 0 Å². The molecule has 0 aliphatic rings. The average Bonchev–Trinajstić information content (AvgIpc) is 2.30. The zero-order valence-corrected chi connectivity index (χ0v) is 11.5. The number of benzene rings is 1. The highest BCUT2D eigenvalue weighted by Crippen LogP contribution is 2.08. The van der Waals surface area contributed by atoms with Crippen LogP contribution in [0.3, 0.4) is 0 Å². The van der Waals surface area contributed by atoms with Crippen molar-refractivity contribution in [2.24, 2.45) is 0 Å². The number of hydrogen-bond acceptors (Lipinski definition) is 2. The standard InChI is InChI=1S/C15H26N2/c1-4-10-17(11-5-2)12-9-16-15-8-6-7-14(3)13-15/h6-8,13,16H,4-5,9-12H2,1-3H3. The van der Waals surface area contributed by atoms with Crippen LogP contribution >= 0.6 is 0 Å². The summed E-state index contributed by atoms with van der Waals surface area (Å²) in [4.78, 5) is 2.53. The molecule has 1 rings (SSSR count). The van der Waals surface area contributed by atoms with Crippen molar-refractivity contribution in [3.05, 3.63) is 29.8 Å². The van der Waals surface area contributed by atoms with Gasteiger partial charge < -0.3 is 10.2 Å². The molecule has 0 heterocycles. The van der Waals surface area contributed by atoms with E-state index >= 15 is 0 Å². The van der Waals surface area contributed by atoms with E-state index in [1.165, 1.54) is 37.2 Å². The van der Waals surface area contributed by atoms with Crippen LogP contribution in [0.2, 0.25) is 0 Å². The highest BCUT2D eigenvalue weighted by molar-refractivity contribution is 5.45. The van der Waals surface area contributed by atoms with E-state index in [0.29, 0.717) is 0 Å². The minimum absolute atomic E-state index is 1.03. The maximum atomic E-state index is 3.49. The molecule has 0 bridgehead atoms. The Balaban J connectivity index is 2.30. The third kappa shape index (κ3) is 5.73. The summed E-state index contributed by atoms with van der Waals surface area (Å²) in [6.07, 6.45) is 2.48. The summed E-state index contributed by atoms with van der Waals surface area (Å²) in [6, 6.07) is 8.57. The number of nitrogens with zero attached hydrogens (tertiary/aromatic N) is 1. The van der Waals surface area contributed by atoms with Gasteiger partial charge in [-0.3, -0.25) is 0 Å². The van der Waals surface area contributed by atoms with Gasteiger partial charge in [0.2, 0.25) is 0 Å².